The minimum absolute atomic E-state index is 0.00595. The number of hydrogen-bond acceptors (Lipinski definition) is 5. The molecule has 0 aliphatic carbocycles. The van der Waals surface area contributed by atoms with Crippen LogP contribution in [0.15, 0.2) is 24.3 Å². The Morgan fingerprint density at radius 1 is 1.19 bits per heavy atom. The highest BCUT2D eigenvalue weighted by Gasteiger charge is 2.15. The second kappa shape index (κ2) is 7.27. The van der Waals surface area contributed by atoms with Crippen LogP contribution in [0.3, 0.4) is 0 Å². The number of primary sulfonamides is 1. The van der Waals surface area contributed by atoms with Crippen molar-refractivity contribution in [2.75, 3.05) is 12.3 Å². The summed E-state index contributed by atoms with van der Waals surface area (Å²) in [6, 6.07) is 6.67. The number of benzene rings is 1. The molecule has 7 nitrogen and oxygen atoms in total. The molecular formula is C11H17N3O4S3. The Labute approximate surface area is 129 Å². The fourth-order valence-electron chi connectivity index (χ4n) is 1.64. The molecule has 118 valence electrons. The lowest BCUT2D eigenvalue weighted by atomic mass is 10.1. The van der Waals surface area contributed by atoms with Crippen LogP contribution in [0.2, 0.25) is 0 Å². The first-order valence-electron chi connectivity index (χ1n) is 5.96. The summed E-state index contributed by atoms with van der Waals surface area (Å²) < 4.78 is 47.6. The summed E-state index contributed by atoms with van der Waals surface area (Å²) in [4.78, 5) is 0.120. The van der Waals surface area contributed by atoms with Gasteiger partial charge in [-0.15, -0.1) is 0 Å². The third kappa shape index (κ3) is 6.96. The van der Waals surface area contributed by atoms with Gasteiger partial charge in [-0.2, -0.15) is 0 Å². The van der Waals surface area contributed by atoms with E-state index in [9.17, 15) is 16.8 Å². The predicted molar refractivity (Wildman–Crippen MR) is 85.5 cm³/mol. The SMILES string of the molecule is NC(=S)c1ccccc1CS(=O)(=O)NCCCS(N)(=O)=O. The molecule has 0 heterocycles. The largest absolute Gasteiger partial charge is 0.389 e. The van der Waals surface area contributed by atoms with E-state index in [4.69, 9.17) is 23.1 Å². The van der Waals surface area contributed by atoms with E-state index in [2.05, 4.69) is 4.72 Å². The van der Waals surface area contributed by atoms with Crippen LogP contribution in [-0.4, -0.2) is 34.1 Å². The minimum Gasteiger partial charge on any atom is -0.389 e. The van der Waals surface area contributed by atoms with Crippen molar-refractivity contribution in [3.8, 4) is 0 Å². The van der Waals surface area contributed by atoms with Gasteiger partial charge in [-0.05, 0) is 12.0 Å². The molecule has 0 aliphatic heterocycles. The van der Waals surface area contributed by atoms with Gasteiger partial charge >= 0.3 is 0 Å². The van der Waals surface area contributed by atoms with Crippen molar-refractivity contribution in [3.63, 3.8) is 0 Å². The lowest BCUT2D eigenvalue weighted by Crippen LogP contribution is -2.29. The molecule has 0 radical (unpaired) electrons. The van der Waals surface area contributed by atoms with Crippen molar-refractivity contribution in [1.82, 2.24) is 4.72 Å². The molecule has 0 aromatic heterocycles. The molecular weight excluding hydrogens is 334 g/mol. The van der Waals surface area contributed by atoms with Crippen LogP contribution < -0.4 is 15.6 Å². The monoisotopic (exact) mass is 351 g/mol. The van der Waals surface area contributed by atoms with Gasteiger partial charge in [0.15, 0.2) is 0 Å². The van der Waals surface area contributed by atoms with Crippen LogP contribution in [0, 0.1) is 0 Å². The lowest BCUT2D eigenvalue weighted by Gasteiger charge is -2.10. The van der Waals surface area contributed by atoms with E-state index in [1.807, 2.05) is 0 Å². The highest BCUT2D eigenvalue weighted by Crippen LogP contribution is 2.12. The molecule has 0 unspecified atom stereocenters. The predicted octanol–water partition coefficient (Wildman–Crippen LogP) is -0.581. The number of thiocarbonyl (C=S) groups is 1. The van der Waals surface area contributed by atoms with Crippen molar-refractivity contribution in [2.45, 2.75) is 12.2 Å². The molecule has 5 N–H and O–H groups in total. The molecule has 10 heteroatoms. The van der Waals surface area contributed by atoms with Gasteiger partial charge in [0.1, 0.15) is 4.99 Å². The van der Waals surface area contributed by atoms with Gasteiger partial charge in [0.05, 0.1) is 11.5 Å². The Morgan fingerprint density at radius 3 is 2.38 bits per heavy atom. The Kier molecular flexibility index (Phi) is 6.23. The minimum atomic E-state index is -3.61. The summed E-state index contributed by atoms with van der Waals surface area (Å²) in [5.74, 6) is -0.561. The Morgan fingerprint density at radius 2 is 1.81 bits per heavy atom. The summed E-state index contributed by atoms with van der Waals surface area (Å²) in [6.07, 6.45) is 0.106. The summed E-state index contributed by atoms with van der Waals surface area (Å²) in [7, 11) is -7.20. The number of sulfonamides is 2. The normalized spacial score (nSPS) is 12.2. The molecule has 0 amide bonds. The molecule has 21 heavy (non-hydrogen) atoms. The van der Waals surface area contributed by atoms with Gasteiger partial charge in [0, 0.05) is 12.1 Å². The Bertz CT molecular complexity index is 714. The lowest BCUT2D eigenvalue weighted by molar-refractivity contribution is 0.576. The summed E-state index contributed by atoms with van der Waals surface area (Å²) in [5.41, 5.74) is 6.53. The molecule has 0 aliphatic rings. The molecule has 0 saturated heterocycles. The number of nitrogens with two attached hydrogens (primary N) is 2. The van der Waals surface area contributed by atoms with Crippen molar-refractivity contribution in [3.05, 3.63) is 35.4 Å². The summed E-state index contributed by atoms with van der Waals surface area (Å²) in [6.45, 7) is -0.00595. The molecule has 0 spiro atoms. The molecule has 1 rings (SSSR count). The molecule has 1 aromatic carbocycles. The first kappa shape index (κ1) is 18.0. The van der Waals surface area contributed by atoms with Gasteiger partial charge in [-0.25, -0.2) is 26.7 Å². The average molecular weight is 351 g/mol. The number of nitrogens with one attached hydrogen (secondary N) is 1. The highest BCUT2D eigenvalue weighted by molar-refractivity contribution is 7.89. The van der Waals surface area contributed by atoms with Gasteiger partial charge in [0.25, 0.3) is 0 Å². The first-order valence-corrected chi connectivity index (χ1v) is 9.74. The van der Waals surface area contributed by atoms with Crippen LogP contribution >= 0.6 is 12.2 Å². The van der Waals surface area contributed by atoms with Gasteiger partial charge in [0.2, 0.25) is 20.0 Å². The Hall–Kier alpha value is -1.07. The fourth-order valence-corrected chi connectivity index (χ4v) is 3.61. The van der Waals surface area contributed by atoms with Crippen molar-refractivity contribution < 1.29 is 16.8 Å². The maximum absolute atomic E-state index is 11.9. The van der Waals surface area contributed by atoms with Crippen molar-refractivity contribution in [1.29, 1.82) is 0 Å². The summed E-state index contributed by atoms with van der Waals surface area (Å²) >= 11 is 4.87. The molecule has 0 fully saturated rings. The van der Waals surface area contributed by atoms with Crippen LogP contribution in [0.1, 0.15) is 17.5 Å². The number of hydrogen-bond donors (Lipinski definition) is 3. The topological polar surface area (TPSA) is 132 Å². The highest BCUT2D eigenvalue weighted by atomic mass is 32.2. The average Bonchev–Trinajstić information content (AvgIpc) is 2.33. The van der Waals surface area contributed by atoms with Crippen molar-refractivity contribution in [2.24, 2.45) is 10.9 Å². The third-order valence-electron chi connectivity index (χ3n) is 2.56. The summed E-state index contributed by atoms with van der Waals surface area (Å²) in [5, 5.41) is 4.83. The quantitative estimate of drug-likeness (QED) is 0.424. The number of rotatable bonds is 8. The molecule has 0 saturated carbocycles. The van der Waals surface area contributed by atoms with Crippen LogP contribution in [-0.2, 0) is 25.8 Å². The zero-order valence-corrected chi connectivity index (χ0v) is 13.6. The van der Waals surface area contributed by atoms with Gasteiger partial charge < -0.3 is 5.73 Å². The first-order chi connectivity index (χ1) is 9.61. The van der Waals surface area contributed by atoms with Crippen LogP contribution in [0.5, 0.6) is 0 Å². The Balaban J connectivity index is 2.67. The second-order valence-corrected chi connectivity index (χ2v) is 8.38. The van der Waals surface area contributed by atoms with Crippen LogP contribution in [0.25, 0.3) is 0 Å². The fraction of sp³-hybridized carbons (Fsp3) is 0.364. The molecule has 0 bridgehead atoms. The molecule has 1 aromatic rings. The van der Waals surface area contributed by atoms with E-state index in [0.717, 1.165) is 0 Å². The van der Waals surface area contributed by atoms with Crippen molar-refractivity contribution >= 4 is 37.3 Å². The maximum Gasteiger partial charge on any atom is 0.215 e. The zero-order chi connectivity index (χ0) is 16.1. The van der Waals surface area contributed by atoms with E-state index in [1.54, 1.807) is 24.3 Å². The third-order valence-corrected chi connectivity index (χ3v) is 4.97. The van der Waals surface area contributed by atoms with E-state index < -0.39 is 20.0 Å². The van der Waals surface area contributed by atoms with E-state index in [-0.39, 0.29) is 29.5 Å². The van der Waals surface area contributed by atoms with E-state index >= 15 is 0 Å². The smallest absolute Gasteiger partial charge is 0.215 e. The van der Waals surface area contributed by atoms with Gasteiger partial charge in [-0.3, -0.25) is 0 Å². The van der Waals surface area contributed by atoms with E-state index in [1.165, 1.54) is 0 Å². The van der Waals surface area contributed by atoms with Gasteiger partial charge in [-0.1, -0.05) is 36.5 Å². The zero-order valence-electron chi connectivity index (χ0n) is 11.2. The second-order valence-electron chi connectivity index (χ2n) is 4.40. The maximum atomic E-state index is 11.9. The molecule has 0 atom stereocenters. The van der Waals surface area contributed by atoms with Crippen LogP contribution in [0.4, 0.5) is 0 Å². The van der Waals surface area contributed by atoms with E-state index in [0.29, 0.717) is 11.1 Å². The standard InChI is InChI=1S/C11H17N3O4S3/c12-11(19)10-5-2-1-4-9(10)8-21(17,18)14-6-3-7-20(13,15)16/h1-2,4-5,14H,3,6-8H2,(H2,12,19)(H2,13,15,16).